The van der Waals surface area contributed by atoms with E-state index in [0.717, 1.165) is 23.3 Å². The highest BCUT2D eigenvalue weighted by molar-refractivity contribution is 5.70. The molecule has 7 heteroatoms. The second-order valence-electron chi connectivity index (χ2n) is 6.49. The molecule has 0 amide bonds. The number of rotatable bonds is 5. The Hall–Kier alpha value is -3.74. The lowest BCUT2D eigenvalue weighted by atomic mass is 10.1. The van der Waals surface area contributed by atoms with Gasteiger partial charge in [-0.05, 0) is 61.0 Å². The van der Waals surface area contributed by atoms with Gasteiger partial charge in [0.2, 0.25) is 0 Å². The number of nitrogens with zero attached hydrogens (tertiary/aromatic N) is 1. The fourth-order valence-electron chi connectivity index (χ4n) is 2.88. The summed E-state index contributed by atoms with van der Waals surface area (Å²) in [5.41, 5.74) is 1.67. The molecule has 4 nitrogen and oxygen atoms in total. The molecular formula is C23H16F3NO3. The van der Waals surface area contributed by atoms with Crippen LogP contribution in [0.25, 0.3) is 11.1 Å². The molecule has 3 aromatic carbocycles. The molecule has 0 radical (unpaired) electrons. The number of hydrogen-bond acceptors (Lipinski definition) is 4. The molecule has 4 rings (SSSR count). The summed E-state index contributed by atoms with van der Waals surface area (Å²) in [5.74, 6) is 1.53. The molecule has 1 aromatic heterocycles. The second kappa shape index (κ2) is 7.94. The van der Waals surface area contributed by atoms with Crippen molar-refractivity contribution in [2.24, 2.45) is 0 Å². The van der Waals surface area contributed by atoms with E-state index in [9.17, 15) is 13.2 Å². The molecule has 30 heavy (non-hydrogen) atoms. The van der Waals surface area contributed by atoms with E-state index < -0.39 is 11.7 Å². The zero-order valence-corrected chi connectivity index (χ0v) is 15.8. The van der Waals surface area contributed by atoms with Crippen LogP contribution in [-0.2, 0) is 6.18 Å². The Morgan fingerprint density at radius 2 is 1.27 bits per heavy atom. The summed E-state index contributed by atoms with van der Waals surface area (Å²) in [6, 6.07) is 20.8. The minimum Gasteiger partial charge on any atom is -0.457 e. The number of aromatic nitrogens is 1. The van der Waals surface area contributed by atoms with Gasteiger partial charge >= 0.3 is 12.1 Å². The van der Waals surface area contributed by atoms with Crippen molar-refractivity contribution in [1.82, 2.24) is 5.16 Å². The Balaban J connectivity index is 1.48. The molecule has 0 saturated heterocycles. The van der Waals surface area contributed by atoms with Gasteiger partial charge in [-0.2, -0.15) is 13.2 Å². The van der Waals surface area contributed by atoms with Crippen molar-refractivity contribution >= 4 is 0 Å². The van der Waals surface area contributed by atoms with Gasteiger partial charge in [-0.25, -0.2) is 0 Å². The summed E-state index contributed by atoms with van der Waals surface area (Å²) in [6.45, 7) is 1.83. The molecule has 0 N–H and O–H groups in total. The SMILES string of the molecule is Cc1noc(Oc2ccc(Oc3ccc(C(F)(F)F)cc3)cc2)c1-c1ccccc1. The number of halogens is 3. The molecule has 0 spiro atoms. The first-order valence-corrected chi connectivity index (χ1v) is 9.05. The Bertz CT molecular complexity index is 1120. The van der Waals surface area contributed by atoms with Crippen LogP contribution in [-0.4, -0.2) is 5.16 Å². The van der Waals surface area contributed by atoms with Crippen LogP contribution in [0.1, 0.15) is 11.3 Å². The normalized spacial score (nSPS) is 11.3. The summed E-state index contributed by atoms with van der Waals surface area (Å²) in [5, 5.41) is 3.98. The predicted octanol–water partition coefficient (Wildman–Crippen LogP) is 7.25. The van der Waals surface area contributed by atoms with Crippen LogP contribution in [0.5, 0.6) is 23.2 Å². The number of alkyl halides is 3. The van der Waals surface area contributed by atoms with E-state index in [4.69, 9.17) is 14.0 Å². The standard InChI is InChI=1S/C23H16F3NO3/c1-15-21(16-5-3-2-4-6-16)22(30-27-15)29-20-13-11-19(12-14-20)28-18-9-7-17(8-10-18)23(24,25)26/h2-14H,1H3. The van der Waals surface area contributed by atoms with E-state index in [2.05, 4.69) is 5.16 Å². The summed E-state index contributed by atoms with van der Waals surface area (Å²) in [4.78, 5) is 0. The lowest BCUT2D eigenvalue weighted by Crippen LogP contribution is -2.03. The third kappa shape index (κ3) is 4.30. The average Bonchev–Trinajstić information content (AvgIpc) is 3.10. The zero-order chi connectivity index (χ0) is 21.1. The fraction of sp³-hybridized carbons (Fsp3) is 0.0870. The minimum atomic E-state index is -4.38. The number of aryl methyl sites for hydroxylation is 1. The predicted molar refractivity (Wildman–Crippen MR) is 105 cm³/mol. The molecule has 1 heterocycles. The van der Waals surface area contributed by atoms with Crippen molar-refractivity contribution in [3.63, 3.8) is 0 Å². The van der Waals surface area contributed by atoms with Crippen molar-refractivity contribution in [2.45, 2.75) is 13.1 Å². The first-order chi connectivity index (χ1) is 14.4. The van der Waals surface area contributed by atoms with E-state index >= 15 is 0 Å². The van der Waals surface area contributed by atoms with E-state index in [1.54, 1.807) is 24.3 Å². The van der Waals surface area contributed by atoms with Gasteiger partial charge < -0.3 is 14.0 Å². The van der Waals surface area contributed by atoms with Crippen LogP contribution in [0.4, 0.5) is 13.2 Å². The average molecular weight is 411 g/mol. The maximum absolute atomic E-state index is 12.6. The Morgan fingerprint density at radius 3 is 1.83 bits per heavy atom. The molecule has 0 atom stereocenters. The van der Waals surface area contributed by atoms with Crippen LogP contribution >= 0.6 is 0 Å². The number of ether oxygens (including phenoxy) is 2. The van der Waals surface area contributed by atoms with Crippen LogP contribution in [0.3, 0.4) is 0 Å². The molecule has 0 bridgehead atoms. The summed E-state index contributed by atoms with van der Waals surface area (Å²) in [6.07, 6.45) is -4.38. The first-order valence-electron chi connectivity index (χ1n) is 9.05. The first kappa shape index (κ1) is 19.6. The van der Waals surface area contributed by atoms with Crippen LogP contribution in [0, 0.1) is 6.92 Å². The van der Waals surface area contributed by atoms with Crippen LogP contribution < -0.4 is 9.47 Å². The lowest BCUT2D eigenvalue weighted by molar-refractivity contribution is -0.137. The van der Waals surface area contributed by atoms with Gasteiger partial charge in [0.05, 0.1) is 16.8 Å². The van der Waals surface area contributed by atoms with Crippen molar-refractivity contribution in [1.29, 1.82) is 0 Å². The Morgan fingerprint density at radius 1 is 0.733 bits per heavy atom. The summed E-state index contributed by atoms with van der Waals surface area (Å²) in [7, 11) is 0. The third-order valence-corrected chi connectivity index (χ3v) is 4.35. The summed E-state index contributed by atoms with van der Waals surface area (Å²) >= 11 is 0. The van der Waals surface area contributed by atoms with Crippen molar-refractivity contribution in [3.05, 3.63) is 90.1 Å². The fourth-order valence-corrected chi connectivity index (χ4v) is 2.88. The maximum atomic E-state index is 12.6. The molecule has 0 aliphatic rings. The van der Waals surface area contributed by atoms with Gasteiger partial charge in [0.25, 0.3) is 0 Å². The van der Waals surface area contributed by atoms with E-state index in [-0.39, 0.29) is 5.95 Å². The van der Waals surface area contributed by atoms with Gasteiger partial charge in [-0.15, -0.1) is 0 Å². The summed E-state index contributed by atoms with van der Waals surface area (Å²) < 4.78 is 54.7. The maximum Gasteiger partial charge on any atom is 0.416 e. The Labute approximate surface area is 170 Å². The highest BCUT2D eigenvalue weighted by Gasteiger charge is 2.30. The molecule has 4 aromatic rings. The van der Waals surface area contributed by atoms with Gasteiger partial charge in [-0.1, -0.05) is 35.5 Å². The highest BCUT2D eigenvalue weighted by atomic mass is 19.4. The molecule has 152 valence electrons. The zero-order valence-electron chi connectivity index (χ0n) is 15.8. The van der Waals surface area contributed by atoms with Gasteiger partial charge in [0.1, 0.15) is 17.2 Å². The third-order valence-electron chi connectivity index (χ3n) is 4.35. The lowest BCUT2D eigenvalue weighted by Gasteiger charge is -2.10. The smallest absolute Gasteiger partial charge is 0.416 e. The molecule has 0 fully saturated rings. The van der Waals surface area contributed by atoms with Crippen molar-refractivity contribution in [2.75, 3.05) is 0 Å². The van der Waals surface area contributed by atoms with Crippen molar-refractivity contribution in [3.8, 4) is 34.3 Å². The molecule has 0 unspecified atom stereocenters. The Kier molecular flexibility index (Phi) is 5.18. The monoisotopic (exact) mass is 411 g/mol. The molecule has 0 aliphatic carbocycles. The van der Waals surface area contributed by atoms with E-state index in [1.165, 1.54) is 12.1 Å². The number of benzene rings is 3. The highest BCUT2D eigenvalue weighted by Crippen LogP contribution is 2.37. The van der Waals surface area contributed by atoms with Crippen LogP contribution in [0.15, 0.2) is 83.4 Å². The van der Waals surface area contributed by atoms with Crippen LogP contribution in [0.2, 0.25) is 0 Å². The van der Waals surface area contributed by atoms with E-state index in [0.29, 0.717) is 22.9 Å². The van der Waals surface area contributed by atoms with Gasteiger partial charge in [0.15, 0.2) is 0 Å². The number of hydrogen-bond donors (Lipinski definition) is 0. The van der Waals surface area contributed by atoms with Crippen molar-refractivity contribution < 1.29 is 27.2 Å². The topological polar surface area (TPSA) is 44.5 Å². The quantitative estimate of drug-likeness (QED) is 0.347. The van der Waals surface area contributed by atoms with Gasteiger partial charge in [-0.3, -0.25) is 0 Å². The minimum absolute atomic E-state index is 0.273. The van der Waals surface area contributed by atoms with Gasteiger partial charge in [0, 0.05) is 0 Å². The largest absolute Gasteiger partial charge is 0.457 e. The molecular weight excluding hydrogens is 395 g/mol. The molecule has 0 saturated carbocycles. The second-order valence-corrected chi connectivity index (χ2v) is 6.49. The molecule has 0 aliphatic heterocycles. The van der Waals surface area contributed by atoms with E-state index in [1.807, 2.05) is 37.3 Å².